The third-order valence-corrected chi connectivity index (χ3v) is 3.99. The second kappa shape index (κ2) is 7.89. The molecule has 0 aromatic heterocycles. The number of benzene rings is 2. The summed E-state index contributed by atoms with van der Waals surface area (Å²) in [5, 5.41) is 2.95. The summed E-state index contributed by atoms with van der Waals surface area (Å²) in [5.74, 6) is -0.0797. The van der Waals surface area contributed by atoms with Crippen molar-refractivity contribution in [2.24, 2.45) is 0 Å². The Labute approximate surface area is 164 Å². The van der Waals surface area contributed by atoms with Crippen LogP contribution < -0.4 is 19.7 Å². The fourth-order valence-electron chi connectivity index (χ4n) is 2.56. The number of nitrogens with zero attached hydrogens (tertiary/aromatic N) is 1. The number of rotatable bonds is 5. The van der Waals surface area contributed by atoms with E-state index in [2.05, 4.69) is 10.1 Å². The smallest absolute Gasteiger partial charge is 0.494 e. The van der Waals surface area contributed by atoms with E-state index in [9.17, 15) is 18.0 Å². The Morgan fingerprint density at radius 1 is 1.07 bits per heavy atom. The molecule has 0 unspecified atom stereocenters. The summed E-state index contributed by atoms with van der Waals surface area (Å²) in [6.07, 6.45) is -3.15. The number of anilines is 1. The van der Waals surface area contributed by atoms with E-state index in [4.69, 9.17) is 17.0 Å². The van der Waals surface area contributed by atoms with Gasteiger partial charge in [0.25, 0.3) is 5.91 Å². The highest BCUT2D eigenvalue weighted by Crippen LogP contribution is 2.28. The molecule has 2 aromatic rings. The largest absolute Gasteiger partial charge is 0.573 e. The van der Waals surface area contributed by atoms with E-state index in [1.54, 1.807) is 30.3 Å². The lowest BCUT2D eigenvalue weighted by molar-refractivity contribution is -0.274. The molecule has 1 aliphatic heterocycles. The molecule has 1 aliphatic rings. The van der Waals surface area contributed by atoms with Crippen LogP contribution in [0.4, 0.5) is 18.9 Å². The molecular formula is C19H15F3N2O3S. The van der Waals surface area contributed by atoms with Crippen LogP contribution in [0.2, 0.25) is 0 Å². The van der Waals surface area contributed by atoms with Crippen molar-refractivity contribution in [3.8, 4) is 11.5 Å². The number of carbonyl (C=O) groups is 1. The lowest BCUT2D eigenvalue weighted by Gasteiger charge is -2.15. The summed E-state index contributed by atoms with van der Waals surface area (Å²) < 4.78 is 46.0. The van der Waals surface area contributed by atoms with Crippen LogP contribution in [0.3, 0.4) is 0 Å². The molecule has 0 atom stereocenters. The van der Waals surface area contributed by atoms with Gasteiger partial charge in [0.1, 0.15) is 17.2 Å². The molecule has 0 aliphatic carbocycles. The molecule has 0 saturated carbocycles. The first kappa shape index (κ1) is 19.7. The zero-order chi connectivity index (χ0) is 20.3. The maximum atomic E-state index is 12.7. The highest BCUT2D eigenvalue weighted by Gasteiger charge is 2.33. The number of thiocarbonyl (C=S) groups is 1. The summed E-state index contributed by atoms with van der Waals surface area (Å²) in [7, 11) is 0. The normalized spacial score (nSPS) is 15.7. The summed E-state index contributed by atoms with van der Waals surface area (Å²) in [6, 6.07) is 12.0. The van der Waals surface area contributed by atoms with E-state index >= 15 is 0 Å². The Morgan fingerprint density at radius 3 is 2.25 bits per heavy atom. The molecule has 9 heteroatoms. The maximum absolute atomic E-state index is 12.7. The van der Waals surface area contributed by atoms with Gasteiger partial charge in [-0.3, -0.25) is 9.69 Å². The molecule has 28 heavy (non-hydrogen) atoms. The van der Waals surface area contributed by atoms with Crippen LogP contribution in [0.1, 0.15) is 12.5 Å². The Bertz CT molecular complexity index is 910. The van der Waals surface area contributed by atoms with Gasteiger partial charge in [0, 0.05) is 0 Å². The van der Waals surface area contributed by atoms with Crippen LogP contribution in [0.5, 0.6) is 11.5 Å². The van der Waals surface area contributed by atoms with E-state index < -0.39 is 12.3 Å². The first-order valence-electron chi connectivity index (χ1n) is 8.22. The van der Waals surface area contributed by atoms with Crippen molar-refractivity contribution >= 4 is 35.0 Å². The second-order valence-electron chi connectivity index (χ2n) is 5.67. The summed E-state index contributed by atoms with van der Waals surface area (Å²) in [6.45, 7) is 2.44. The van der Waals surface area contributed by atoms with Gasteiger partial charge in [-0.2, -0.15) is 0 Å². The van der Waals surface area contributed by atoms with Gasteiger partial charge in [-0.25, -0.2) is 0 Å². The third kappa shape index (κ3) is 4.61. The van der Waals surface area contributed by atoms with E-state index in [0.29, 0.717) is 18.0 Å². The molecule has 5 nitrogen and oxygen atoms in total. The monoisotopic (exact) mass is 408 g/mol. The van der Waals surface area contributed by atoms with Gasteiger partial charge < -0.3 is 14.8 Å². The zero-order valence-corrected chi connectivity index (χ0v) is 15.4. The van der Waals surface area contributed by atoms with Crippen LogP contribution in [0, 0.1) is 0 Å². The van der Waals surface area contributed by atoms with Gasteiger partial charge in [-0.1, -0.05) is 12.1 Å². The van der Waals surface area contributed by atoms with Crippen LogP contribution in [-0.2, 0) is 4.79 Å². The average Bonchev–Trinajstić information content (AvgIpc) is 2.90. The lowest BCUT2D eigenvalue weighted by Crippen LogP contribution is -2.30. The number of alkyl halides is 3. The summed E-state index contributed by atoms with van der Waals surface area (Å²) >= 11 is 5.19. The molecule has 1 N–H and O–H groups in total. The van der Waals surface area contributed by atoms with Gasteiger partial charge in [0.15, 0.2) is 5.11 Å². The second-order valence-corrected chi connectivity index (χ2v) is 6.06. The van der Waals surface area contributed by atoms with Gasteiger partial charge >= 0.3 is 6.36 Å². The van der Waals surface area contributed by atoms with Gasteiger partial charge in [-0.05, 0) is 67.2 Å². The molecule has 0 spiro atoms. The SMILES string of the molecule is CCOc1ccc(/C=C2\NC(=S)N(c3ccc(OC(F)(F)F)cc3)C2=O)cc1. The predicted octanol–water partition coefficient (Wildman–Crippen LogP) is 4.25. The number of ether oxygens (including phenoxy) is 2. The molecule has 1 amide bonds. The van der Waals surface area contributed by atoms with Crippen LogP contribution in [0.15, 0.2) is 54.2 Å². The number of halogens is 3. The minimum atomic E-state index is -4.78. The first-order chi connectivity index (χ1) is 13.3. The van der Waals surface area contributed by atoms with Crippen LogP contribution in [-0.4, -0.2) is 24.0 Å². The zero-order valence-electron chi connectivity index (χ0n) is 14.6. The van der Waals surface area contributed by atoms with E-state index in [-0.39, 0.29) is 16.6 Å². The topological polar surface area (TPSA) is 50.8 Å². The Kier molecular flexibility index (Phi) is 5.55. The summed E-state index contributed by atoms with van der Waals surface area (Å²) in [4.78, 5) is 13.9. The highest BCUT2D eigenvalue weighted by molar-refractivity contribution is 7.80. The number of amides is 1. The Hall–Kier alpha value is -3.07. The third-order valence-electron chi connectivity index (χ3n) is 3.71. The Morgan fingerprint density at radius 2 is 1.68 bits per heavy atom. The van der Waals surface area contributed by atoms with Crippen molar-refractivity contribution in [1.82, 2.24) is 5.32 Å². The van der Waals surface area contributed by atoms with Crippen LogP contribution in [0.25, 0.3) is 6.08 Å². The predicted molar refractivity (Wildman–Crippen MR) is 102 cm³/mol. The summed E-state index contributed by atoms with van der Waals surface area (Å²) in [5.41, 5.74) is 1.34. The Balaban J connectivity index is 1.77. The molecule has 1 fully saturated rings. The molecule has 3 rings (SSSR count). The molecule has 1 heterocycles. The minimum absolute atomic E-state index is 0.131. The highest BCUT2D eigenvalue weighted by atomic mass is 32.1. The van der Waals surface area contributed by atoms with Crippen molar-refractivity contribution < 1.29 is 27.4 Å². The molecule has 146 valence electrons. The van der Waals surface area contributed by atoms with Crippen molar-refractivity contribution in [1.29, 1.82) is 0 Å². The minimum Gasteiger partial charge on any atom is -0.494 e. The van der Waals surface area contributed by atoms with E-state index in [1.807, 2.05) is 6.92 Å². The number of nitrogens with one attached hydrogen (secondary N) is 1. The quantitative estimate of drug-likeness (QED) is 0.592. The van der Waals surface area contributed by atoms with Crippen LogP contribution >= 0.6 is 12.2 Å². The van der Waals surface area contributed by atoms with Gasteiger partial charge in [-0.15, -0.1) is 13.2 Å². The van der Waals surface area contributed by atoms with Crippen molar-refractivity contribution in [3.05, 3.63) is 59.8 Å². The van der Waals surface area contributed by atoms with Crippen molar-refractivity contribution in [2.45, 2.75) is 13.3 Å². The molecule has 2 aromatic carbocycles. The molecule has 1 saturated heterocycles. The maximum Gasteiger partial charge on any atom is 0.573 e. The molecule has 0 radical (unpaired) electrons. The van der Waals surface area contributed by atoms with Crippen molar-refractivity contribution in [3.63, 3.8) is 0 Å². The van der Waals surface area contributed by atoms with E-state index in [0.717, 1.165) is 17.7 Å². The number of hydrogen-bond donors (Lipinski definition) is 1. The number of hydrogen-bond acceptors (Lipinski definition) is 4. The molecule has 0 bridgehead atoms. The van der Waals surface area contributed by atoms with Gasteiger partial charge in [0.05, 0.1) is 12.3 Å². The first-order valence-corrected chi connectivity index (χ1v) is 8.63. The molecular weight excluding hydrogens is 393 g/mol. The fraction of sp³-hybridized carbons (Fsp3) is 0.158. The van der Waals surface area contributed by atoms with E-state index in [1.165, 1.54) is 17.0 Å². The van der Waals surface area contributed by atoms with Crippen molar-refractivity contribution in [2.75, 3.05) is 11.5 Å². The number of carbonyl (C=O) groups excluding carboxylic acids is 1. The standard InChI is InChI=1S/C19H15F3N2O3S/c1-2-26-14-7-3-12(4-8-14)11-16-17(25)24(18(28)23-16)13-5-9-15(10-6-13)27-19(20,21)22/h3-11H,2H2,1H3,(H,23,28)/b16-11-. The van der Waals surface area contributed by atoms with Gasteiger partial charge in [0.2, 0.25) is 0 Å². The fourth-order valence-corrected chi connectivity index (χ4v) is 2.86. The average molecular weight is 408 g/mol. The lowest BCUT2D eigenvalue weighted by atomic mass is 10.2.